The molecule has 0 bridgehead atoms. The molecule has 1 aliphatic rings. The summed E-state index contributed by atoms with van der Waals surface area (Å²) in [5.41, 5.74) is 3.97. The average molecular weight is 417 g/mol. The predicted octanol–water partition coefficient (Wildman–Crippen LogP) is 6.53. The summed E-state index contributed by atoms with van der Waals surface area (Å²) in [5, 5.41) is 0. The first-order chi connectivity index (χ1) is 14.9. The number of pyridine rings is 1. The van der Waals surface area contributed by atoms with Gasteiger partial charge in [0.1, 0.15) is 5.75 Å². The molecular weight excluding hydrogens is 403 g/mol. The van der Waals surface area contributed by atoms with Crippen LogP contribution in [-0.2, 0) is 0 Å². The van der Waals surface area contributed by atoms with E-state index in [9.17, 15) is 18.0 Å². The van der Waals surface area contributed by atoms with Crippen molar-refractivity contribution in [1.82, 2.24) is 4.98 Å². The lowest BCUT2D eigenvalue weighted by Crippen LogP contribution is -2.17. The smallest absolute Gasteiger partial charge is 0.405 e. The van der Waals surface area contributed by atoms with Crippen molar-refractivity contribution in [3.8, 4) is 39.4 Å². The zero-order valence-electron chi connectivity index (χ0n) is 16.0. The molecule has 3 nitrogen and oxygen atoms in total. The summed E-state index contributed by atoms with van der Waals surface area (Å²) in [6.07, 6.45) is -4.84. The summed E-state index contributed by atoms with van der Waals surface area (Å²) in [6.45, 7) is 0. The molecule has 1 aromatic heterocycles. The number of alkyl halides is 3. The normalized spacial score (nSPS) is 12.4. The van der Waals surface area contributed by atoms with Crippen LogP contribution in [0.1, 0.15) is 15.9 Å². The number of aromatic nitrogens is 1. The van der Waals surface area contributed by atoms with E-state index >= 15 is 0 Å². The quantitative estimate of drug-likeness (QED) is 0.335. The molecule has 0 N–H and O–H groups in total. The third kappa shape index (κ3) is 3.36. The lowest BCUT2D eigenvalue weighted by molar-refractivity contribution is -0.274. The van der Waals surface area contributed by atoms with E-state index in [1.165, 1.54) is 18.2 Å². The molecule has 31 heavy (non-hydrogen) atoms. The maximum atomic E-state index is 13.2. The monoisotopic (exact) mass is 417 g/mol. The lowest BCUT2D eigenvalue weighted by Gasteiger charge is -2.15. The first kappa shape index (κ1) is 19.1. The van der Waals surface area contributed by atoms with Gasteiger partial charge in [-0.05, 0) is 29.3 Å². The van der Waals surface area contributed by atoms with E-state index in [1.54, 1.807) is 36.4 Å². The van der Waals surface area contributed by atoms with Crippen LogP contribution in [0.4, 0.5) is 13.2 Å². The molecule has 5 rings (SSSR count). The molecule has 0 amide bonds. The first-order valence-corrected chi connectivity index (χ1v) is 9.52. The van der Waals surface area contributed by atoms with Crippen LogP contribution in [-0.4, -0.2) is 17.1 Å². The van der Waals surface area contributed by atoms with Crippen molar-refractivity contribution in [2.75, 3.05) is 0 Å². The number of rotatable bonds is 3. The molecule has 3 aromatic carbocycles. The summed E-state index contributed by atoms with van der Waals surface area (Å²) in [5.74, 6) is -0.498. The Balaban J connectivity index is 1.79. The Labute approximate surface area is 175 Å². The molecule has 0 aliphatic heterocycles. The van der Waals surface area contributed by atoms with E-state index in [1.807, 2.05) is 30.3 Å². The first-order valence-electron chi connectivity index (χ1n) is 9.52. The van der Waals surface area contributed by atoms with Crippen LogP contribution in [0.15, 0.2) is 84.9 Å². The number of para-hydroxylation sites is 1. The third-order valence-corrected chi connectivity index (χ3v) is 5.15. The summed E-state index contributed by atoms with van der Waals surface area (Å²) in [6, 6.07) is 23.9. The number of fused-ring (bicyclic) bond motifs is 3. The number of hydrogen-bond acceptors (Lipinski definition) is 3. The van der Waals surface area contributed by atoms with E-state index in [0.717, 1.165) is 5.56 Å². The number of ketones is 1. The second kappa shape index (κ2) is 7.09. The molecule has 0 radical (unpaired) electrons. The van der Waals surface area contributed by atoms with E-state index in [4.69, 9.17) is 0 Å². The molecule has 1 heterocycles. The van der Waals surface area contributed by atoms with Gasteiger partial charge in [-0.25, -0.2) is 4.98 Å². The molecule has 0 atom stereocenters. The van der Waals surface area contributed by atoms with Crippen molar-refractivity contribution in [2.24, 2.45) is 0 Å². The minimum Gasteiger partial charge on any atom is -0.405 e. The van der Waals surface area contributed by atoms with E-state index < -0.39 is 6.36 Å². The number of benzene rings is 3. The number of ether oxygens (including phenoxy) is 1. The minimum atomic E-state index is -4.84. The molecule has 4 aromatic rings. The number of carbonyl (C=O) groups excluding carboxylic acids is 1. The number of halogens is 3. The van der Waals surface area contributed by atoms with Gasteiger partial charge in [0, 0.05) is 16.7 Å². The molecule has 0 unspecified atom stereocenters. The van der Waals surface area contributed by atoms with Gasteiger partial charge in [0.2, 0.25) is 0 Å². The Morgan fingerprint density at radius 2 is 1.32 bits per heavy atom. The van der Waals surface area contributed by atoms with E-state index in [2.05, 4.69) is 9.72 Å². The maximum Gasteiger partial charge on any atom is 0.573 e. The predicted molar refractivity (Wildman–Crippen MR) is 111 cm³/mol. The molecule has 0 fully saturated rings. The topological polar surface area (TPSA) is 39.2 Å². The van der Waals surface area contributed by atoms with Gasteiger partial charge in [0.05, 0.1) is 17.0 Å². The van der Waals surface area contributed by atoms with Crippen molar-refractivity contribution in [3.05, 3.63) is 96.1 Å². The van der Waals surface area contributed by atoms with Crippen LogP contribution in [0.2, 0.25) is 0 Å². The van der Waals surface area contributed by atoms with E-state index in [-0.39, 0.29) is 17.1 Å². The van der Waals surface area contributed by atoms with Gasteiger partial charge in [0.15, 0.2) is 5.78 Å². The molecular formula is C25H14F3NO2. The second-order valence-electron chi connectivity index (χ2n) is 7.06. The molecule has 1 aliphatic carbocycles. The highest BCUT2D eigenvalue weighted by Gasteiger charge is 2.34. The number of hydrogen-bond donors (Lipinski definition) is 0. The fraction of sp³-hybridized carbons (Fsp3) is 0.0400. The van der Waals surface area contributed by atoms with Crippen LogP contribution in [0.5, 0.6) is 5.75 Å². The van der Waals surface area contributed by atoms with Gasteiger partial charge in [-0.1, -0.05) is 66.7 Å². The van der Waals surface area contributed by atoms with Crippen LogP contribution in [0.25, 0.3) is 33.6 Å². The van der Waals surface area contributed by atoms with Crippen molar-refractivity contribution >= 4 is 5.78 Å². The fourth-order valence-corrected chi connectivity index (χ4v) is 3.87. The zero-order valence-corrected chi connectivity index (χ0v) is 16.0. The van der Waals surface area contributed by atoms with Crippen LogP contribution in [0, 0.1) is 0 Å². The summed E-state index contributed by atoms with van der Waals surface area (Å²) < 4.78 is 43.1. The third-order valence-electron chi connectivity index (χ3n) is 5.15. The summed E-state index contributed by atoms with van der Waals surface area (Å²) in [4.78, 5) is 17.8. The highest BCUT2D eigenvalue weighted by Crippen LogP contribution is 2.43. The minimum absolute atomic E-state index is 0.150. The van der Waals surface area contributed by atoms with Gasteiger partial charge < -0.3 is 4.74 Å². The maximum absolute atomic E-state index is 13.2. The Hall–Kier alpha value is -3.93. The standard InChI is InChI=1S/C25H14F3NO2/c26-25(27,28)31-21-13-7-6-12-18(21)20-14-19(15-8-2-1-3-9-15)22-23(29-20)16-10-4-5-11-17(16)24(22)30/h1-14H. The van der Waals surface area contributed by atoms with Crippen molar-refractivity contribution in [2.45, 2.75) is 6.36 Å². The van der Waals surface area contributed by atoms with Crippen molar-refractivity contribution < 1.29 is 22.7 Å². The highest BCUT2D eigenvalue weighted by atomic mass is 19.4. The fourth-order valence-electron chi connectivity index (χ4n) is 3.87. The van der Waals surface area contributed by atoms with Crippen molar-refractivity contribution in [1.29, 1.82) is 0 Å². The van der Waals surface area contributed by atoms with Gasteiger partial charge in [-0.3, -0.25) is 4.79 Å². The SMILES string of the molecule is O=C1c2ccccc2-c2nc(-c3ccccc3OC(F)(F)F)cc(-c3ccccc3)c21. The molecule has 0 saturated carbocycles. The Kier molecular flexibility index (Phi) is 4.36. The van der Waals surface area contributed by atoms with Gasteiger partial charge in [0.25, 0.3) is 0 Å². The van der Waals surface area contributed by atoms with Crippen LogP contribution in [0.3, 0.4) is 0 Å². The molecule has 6 heteroatoms. The van der Waals surface area contributed by atoms with E-state index in [0.29, 0.717) is 33.6 Å². The Morgan fingerprint density at radius 1 is 0.710 bits per heavy atom. The Morgan fingerprint density at radius 3 is 2.03 bits per heavy atom. The van der Waals surface area contributed by atoms with Gasteiger partial charge in [-0.2, -0.15) is 0 Å². The van der Waals surface area contributed by atoms with Crippen LogP contribution >= 0.6 is 0 Å². The van der Waals surface area contributed by atoms with Crippen LogP contribution < -0.4 is 4.74 Å². The second-order valence-corrected chi connectivity index (χ2v) is 7.06. The summed E-state index contributed by atoms with van der Waals surface area (Å²) >= 11 is 0. The highest BCUT2D eigenvalue weighted by molar-refractivity contribution is 6.24. The van der Waals surface area contributed by atoms with Gasteiger partial charge >= 0.3 is 6.36 Å². The van der Waals surface area contributed by atoms with Crippen molar-refractivity contribution in [3.63, 3.8) is 0 Å². The average Bonchev–Trinajstić information content (AvgIpc) is 3.06. The largest absolute Gasteiger partial charge is 0.573 e. The molecule has 0 spiro atoms. The summed E-state index contributed by atoms with van der Waals surface area (Å²) in [7, 11) is 0. The Bertz CT molecular complexity index is 1310. The lowest BCUT2D eigenvalue weighted by atomic mass is 9.95. The molecule has 152 valence electrons. The molecule has 0 saturated heterocycles. The number of nitrogens with zero attached hydrogens (tertiary/aromatic N) is 1. The zero-order chi connectivity index (χ0) is 21.6. The van der Waals surface area contributed by atoms with Gasteiger partial charge in [-0.15, -0.1) is 13.2 Å². The number of carbonyl (C=O) groups is 1.